The molecule has 1 aromatic carbocycles. The SMILES string of the molecule is Cn1c(CCl)nnc1-c1cc(Br)cc([N+](=O)[O-])c1. The Bertz CT molecular complexity index is 614. The van der Waals surface area contributed by atoms with Gasteiger partial charge in [-0.3, -0.25) is 10.1 Å². The molecule has 0 saturated heterocycles. The highest BCUT2D eigenvalue weighted by Gasteiger charge is 2.15. The summed E-state index contributed by atoms with van der Waals surface area (Å²) in [6.45, 7) is 0. The van der Waals surface area contributed by atoms with E-state index in [1.807, 2.05) is 0 Å². The zero-order valence-electron chi connectivity index (χ0n) is 9.30. The third kappa shape index (κ3) is 2.37. The second-order valence-electron chi connectivity index (χ2n) is 3.59. The number of alkyl halides is 1. The smallest absolute Gasteiger partial charge is 0.271 e. The van der Waals surface area contributed by atoms with Crippen molar-refractivity contribution in [3.05, 3.63) is 38.6 Å². The van der Waals surface area contributed by atoms with Crippen LogP contribution < -0.4 is 0 Å². The van der Waals surface area contributed by atoms with Crippen molar-refractivity contribution in [3.8, 4) is 11.4 Å². The number of halogens is 2. The van der Waals surface area contributed by atoms with E-state index in [-0.39, 0.29) is 11.6 Å². The number of nitro groups is 1. The van der Waals surface area contributed by atoms with E-state index >= 15 is 0 Å². The van der Waals surface area contributed by atoms with E-state index in [4.69, 9.17) is 11.6 Å². The van der Waals surface area contributed by atoms with Gasteiger partial charge in [0.1, 0.15) is 5.82 Å². The molecule has 94 valence electrons. The maximum absolute atomic E-state index is 10.8. The predicted octanol–water partition coefficient (Wildman–Crippen LogP) is 2.89. The van der Waals surface area contributed by atoms with Gasteiger partial charge in [-0.15, -0.1) is 21.8 Å². The molecule has 0 atom stereocenters. The minimum absolute atomic E-state index is 0.00482. The Morgan fingerprint density at radius 2 is 2.17 bits per heavy atom. The summed E-state index contributed by atoms with van der Waals surface area (Å²) in [5.41, 5.74) is 0.609. The molecule has 0 bridgehead atoms. The summed E-state index contributed by atoms with van der Waals surface area (Å²) in [6.07, 6.45) is 0. The van der Waals surface area contributed by atoms with E-state index in [0.29, 0.717) is 21.7 Å². The minimum atomic E-state index is -0.451. The van der Waals surface area contributed by atoms with Crippen LogP contribution in [-0.2, 0) is 12.9 Å². The van der Waals surface area contributed by atoms with Gasteiger partial charge in [-0.2, -0.15) is 0 Å². The fourth-order valence-electron chi connectivity index (χ4n) is 1.54. The lowest BCUT2D eigenvalue weighted by atomic mass is 10.2. The number of rotatable bonds is 3. The minimum Gasteiger partial charge on any atom is -0.313 e. The number of benzene rings is 1. The van der Waals surface area contributed by atoms with Crippen LogP contribution in [0.15, 0.2) is 22.7 Å². The van der Waals surface area contributed by atoms with Crippen molar-refractivity contribution in [2.45, 2.75) is 5.88 Å². The third-order valence-corrected chi connectivity index (χ3v) is 3.13. The zero-order chi connectivity index (χ0) is 13.3. The standard InChI is InChI=1S/C10H8BrClN4O2/c1-15-9(5-12)13-14-10(15)6-2-7(11)4-8(3-6)16(17)18/h2-4H,5H2,1H3. The molecule has 0 amide bonds. The van der Waals surface area contributed by atoms with E-state index < -0.39 is 4.92 Å². The van der Waals surface area contributed by atoms with Crippen LogP contribution in [-0.4, -0.2) is 19.7 Å². The van der Waals surface area contributed by atoms with Crippen molar-refractivity contribution >= 4 is 33.2 Å². The molecule has 8 heteroatoms. The molecule has 0 aliphatic carbocycles. The highest BCUT2D eigenvalue weighted by molar-refractivity contribution is 9.10. The molecule has 0 aliphatic rings. The first-order valence-electron chi connectivity index (χ1n) is 4.92. The summed E-state index contributed by atoms with van der Waals surface area (Å²) in [7, 11) is 1.76. The molecule has 0 radical (unpaired) electrons. The first-order valence-corrected chi connectivity index (χ1v) is 6.25. The Morgan fingerprint density at radius 1 is 1.44 bits per heavy atom. The average molecular weight is 332 g/mol. The van der Waals surface area contributed by atoms with Gasteiger partial charge in [0.2, 0.25) is 0 Å². The van der Waals surface area contributed by atoms with Crippen LogP contribution in [0.2, 0.25) is 0 Å². The predicted molar refractivity (Wildman–Crippen MR) is 70.4 cm³/mol. The Balaban J connectivity index is 2.56. The van der Waals surface area contributed by atoms with Crippen molar-refractivity contribution in [1.82, 2.24) is 14.8 Å². The maximum Gasteiger partial charge on any atom is 0.271 e. The summed E-state index contributed by atoms with van der Waals surface area (Å²) in [4.78, 5) is 10.4. The molecular formula is C10H8BrClN4O2. The van der Waals surface area contributed by atoms with Crippen LogP contribution in [0.25, 0.3) is 11.4 Å². The van der Waals surface area contributed by atoms with Gasteiger partial charge in [-0.1, -0.05) is 15.9 Å². The summed E-state index contributed by atoms with van der Waals surface area (Å²) >= 11 is 8.94. The van der Waals surface area contributed by atoms with Crippen LogP contribution in [0.4, 0.5) is 5.69 Å². The Kier molecular flexibility index (Phi) is 3.63. The molecule has 1 aromatic heterocycles. The quantitative estimate of drug-likeness (QED) is 0.492. The lowest BCUT2D eigenvalue weighted by Gasteiger charge is -2.03. The Hall–Kier alpha value is -1.47. The van der Waals surface area contributed by atoms with Crippen LogP contribution in [0, 0.1) is 10.1 Å². The van der Waals surface area contributed by atoms with Gasteiger partial charge in [0.25, 0.3) is 5.69 Å². The highest BCUT2D eigenvalue weighted by Crippen LogP contribution is 2.27. The fourth-order valence-corrected chi connectivity index (χ4v) is 2.25. The highest BCUT2D eigenvalue weighted by atomic mass is 79.9. The van der Waals surface area contributed by atoms with E-state index in [2.05, 4.69) is 26.1 Å². The normalized spacial score (nSPS) is 10.6. The zero-order valence-corrected chi connectivity index (χ0v) is 11.6. The molecule has 18 heavy (non-hydrogen) atoms. The van der Waals surface area contributed by atoms with Crippen LogP contribution in [0.3, 0.4) is 0 Å². The number of nitro benzene ring substituents is 1. The van der Waals surface area contributed by atoms with Crippen molar-refractivity contribution < 1.29 is 4.92 Å². The van der Waals surface area contributed by atoms with Crippen LogP contribution in [0.1, 0.15) is 5.82 Å². The number of hydrogen-bond acceptors (Lipinski definition) is 4. The molecule has 0 unspecified atom stereocenters. The molecule has 2 rings (SSSR count). The summed E-state index contributed by atoms with van der Waals surface area (Å²) in [6, 6.07) is 4.63. The molecule has 0 fully saturated rings. The molecule has 2 aromatic rings. The Labute approximate surface area is 116 Å². The van der Waals surface area contributed by atoms with Crippen LogP contribution >= 0.6 is 27.5 Å². The van der Waals surface area contributed by atoms with E-state index in [9.17, 15) is 10.1 Å². The van der Waals surface area contributed by atoms with Gasteiger partial charge in [0, 0.05) is 29.2 Å². The van der Waals surface area contributed by atoms with Gasteiger partial charge >= 0.3 is 0 Å². The third-order valence-electron chi connectivity index (χ3n) is 2.44. The van der Waals surface area contributed by atoms with E-state index in [1.54, 1.807) is 17.7 Å². The Morgan fingerprint density at radius 3 is 2.72 bits per heavy atom. The lowest BCUT2D eigenvalue weighted by molar-refractivity contribution is -0.384. The molecular weight excluding hydrogens is 323 g/mol. The average Bonchev–Trinajstić information content (AvgIpc) is 2.69. The monoisotopic (exact) mass is 330 g/mol. The summed E-state index contributed by atoms with van der Waals surface area (Å²) in [5.74, 6) is 1.38. The maximum atomic E-state index is 10.8. The second kappa shape index (κ2) is 5.03. The molecule has 1 heterocycles. The molecule has 0 aliphatic heterocycles. The largest absolute Gasteiger partial charge is 0.313 e. The summed E-state index contributed by atoms with van der Waals surface area (Å²) in [5, 5.41) is 18.7. The first-order chi connectivity index (χ1) is 8.52. The fraction of sp³-hybridized carbons (Fsp3) is 0.200. The molecule has 6 nitrogen and oxygen atoms in total. The van der Waals surface area contributed by atoms with Gasteiger partial charge < -0.3 is 4.57 Å². The van der Waals surface area contributed by atoms with Gasteiger partial charge in [0.05, 0.1) is 10.8 Å². The number of aromatic nitrogens is 3. The van der Waals surface area contributed by atoms with Gasteiger partial charge in [-0.05, 0) is 6.07 Å². The molecule has 0 spiro atoms. The van der Waals surface area contributed by atoms with Crippen molar-refractivity contribution in [1.29, 1.82) is 0 Å². The summed E-state index contributed by atoms with van der Waals surface area (Å²) < 4.78 is 2.32. The number of nitrogens with zero attached hydrogens (tertiary/aromatic N) is 4. The van der Waals surface area contributed by atoms with E-state index in [0.717, 1.165) is 0 Å². The van der Waals surface area contributed by atoms with E-state index in [1.165, 1.54) is 12.1 Å². The van der Waals surface area contributed by atoms with Gasteiger partial charge in [-0.25, -0.2) is 0 Å². The van der Waals surface area contributed by atoms with Crippen molar-refractivity contribution in [2.24, 2.45) is 7.05 Å². The van der Waals surface area contributed by atoms with Gasteiger partial charge in [0.15, 0.2) is 5.82 Å². The lowest BCUT2D eigenvalue weighted by Crippen LogP contribution is -1.98. The van der Waals surface area contributed by atoms with Crippen molar-refractivity contribution in [2.75, 3.05) is 0 Å². The second-order valence-corrected chi connectivity index (χ2v) is 4.77. The topological polar surface area (TPSA) is 73.8 Å². The number of non-ortho nitro benzene ring substituents is 1. The molecule has 0 saturated carbocycles. The van der Waals surface area contributed by atoms with Crippen LogP contribution in [0.5, 0.6) is 0 Å². The first kappa shape index (κ1) is 13.0. The number of hydrogen-bond donors (Lipinski definition) is 0. The van der Waals surface area contributed by atoms with Crippen molar-refractivity contribution in [3.63, 3.8) is 0 Å². The molecule has 0 N–H and O–H groups in total.